The van der Waals surface area contributed by atoms with Crippen LogP contribution in [-0.2, 0) is 54.7 Å². The third-order valence-corrected chi connectivity index (χ3v) is 10.7. The van der Waals surface area contributed by atoms with Gasteiger partial charge in [-0.2, -0.15) is 0 Å². The fourth-order valence-electron chi connectivity index (χ4n) is 7.79. The quantitative estimate of drug-likeness (QED) is 0.266. The minimum absolute atomic E-state index is 0.0969. The van der Waals surface area contributed by atoms with E-state index in [1.165, 1.54) is 45.0 Å². The summed E-state index contributed by atoms with van der Waals surface area (Å²) in [5, 5.41) is 10.6. The summed E-state index contributed by atoms with van der Waals surface area (Å²) in [7, 11) is 2.14. The van der Waals surface area contributed by atoms with E-state index in [4.69, 9.17) is 28.4 Å². The molecule has 2 saturated heterocycles. The molecule has 3 heterocycles. The van der Waals surface area contributed by atoms with Crippen LogP contribution in [0.3, 0.4) is 0 Å². The Hall–Kier alpha value is -3.29. The molecule has 0 amide bonds. The van der Waals surface area contributed by atoms with Crippen LogP contribution >= 0.6 is 11.8 Å². The monoisotopic (exact) mass is 631 g/mol. The van der Waals surface area contributed by atoms with E-state index >= 15 is 0 Å². The number of esters is 4. The SMILES string of the molecule is CC(=O)OC[C@H]1O[C@@H](S[C@@H]2C=C[C@H]3[C@H]4Cc5ccc(O)c6c5[C@@]3(CCN4C)[C@H]2O6)[C@H](OC(C)=O)[C@@H](OC(C)=O)[C@@H]1OC(C)=O. The molecule has 0 unspecified atom stereocenters. The molecule has 10 atom stereocenters. The number of phenolic OH excluding ortho intramolecular Hbond substituents is 1. The van der Waals surface area contributed by atoms with Gasteiger partial charge in [-0.15, -0.1) is 11.8 Å². The predicted octanol–water partition coefficient (Wildman–Crippen LogP) is 2.02. The zero-order chi connectivity index (χ0) is 31.5. The van der Waals surface area contributed by atoms with Crippen LogP contribution in [0.1, 0.15) is 45.2 Å². The second kappa shape index (κ2) is 11.6. The number of hydrogen-bond acceptors (Lipinski definition) is 13. The molecule has 2 fully saturated rings. The van der Waals surface area contributed by atoms with Crippen molar-refractivity contribution < 1.29 is 52.7 Å². The van der Waals surface area contributed by atoms with Crippen molar-refractivity contribution in [3.63, 3.8) is 0 Å². The van der Waals surface area contributed by atoms with Gasteiger partial charge in [-0.05, 0) is 38.1 Å². The normalized spacial score (nSPS) is 36.4. The molecule has 12 nitrogen and oxygen atoms in total. The molecule has 6 rings (SSSR count). The smallest absolute Gasteiger partial charge is 0.303 e. The van der Waals surface area contributed by atoms with Crippen molar-refractivity contribution in [3.05, 3.63) is 35.4 Å². The molecular formula is C31H37NO11S. The summed E-state index contributed by atoms with van der Waals surface area (Å²) in [6, 6.07) is 3.95. The molecule has 1 aromatic rings. The Morgan fingerprint density at radius 3 is 2.34 bits per heavy atom. The molecule has 238 valence electrons. The van der Waals surface area contributed by atoms with E-state index in [0.717, 1.165) is 24.9 Å². The van der Waals surface area contributed by atoms with Crippen LogP contribution in [-0.4, -0.2) is 101 Å². The number of benzene rings is 1. The highest BCUT2D eigenvalue weighted by atomic mass is 32.2. The lowest BCUT2D eigenvalue weighted by Gasteiger charge is -2.57. The lowest BCUT2D eigenvalue weighted by atomic mass is 9.53. The minimum atomic E-state index is -1.25. The third-order valence-electron chi connectivity index (χ3n) is 9.37. The summed E-state index contributed by atoms with van der Waals surface area (Å²) < 4.78 is 35.2. The van der Waals surface area contributed by atoms with Crippen LogP contribution in [0.2, 0.25) is 0 Å². The maximum Gasteiger partial charge on any atom is 0.303 e. The summed E-state index contributed by atoms with van der Waals surface area (Å²) in [6.07, 6.45) is 0.918. The van der Waals surface area contributed by atoms with Gasteiger partial charge in [0.15, 0.2) is 29.8 Å². The molecule has 0 aromatic heterocycles. The number of likely N-dealkylation sites (N-methyl/N-ethyl adjacent to an activating group) is 1. The Morgan fingerprint density at radius 2 is 1.66 bits per heavy atom. The molecule has 5 aliphatic rings. The van der Waals surface area contributed by atoms with Crippen molar-refractivity contribution in [2.45, 2.75) is 93.2 Å². The van der Waals surface area contributed by atoms with Crippen LogP contribution in [0.25, 0.3) is 0 Å². The van der Waals surface area contributed by atoms with Gasteiger partial charge in [0.1, 0.15) is 24.3 Å². The number of aromatic hydroxyl groups is 1. The summed E-state index contributed by atoms with van der Waals surface area (Å²) in [4.78, 5) is 50.9. The van der Waals surface area contributed by atoms with Crippen LogP contribution in [0.5, 0.6) is 11.5 Å². The van der Waals surface area contributed by atoms with Crippen LogP contribution < -0.4 is 4.74 Å². The van der Waals surface area contributed by atoms with Crippen molar-refractivity contribution in [3.8, 4) is 11.5 Å². The van der Waals surface area contributed by atoms with Crippen molar-refractivity contribution in [2.75, 3.05) is 20.2 Å². The maximum absolute atomic E-state index is 12.4. The second-order valence-electron chi connectivity index (χ2n) is 12.1. The van der Waals surface area contributed by atoms with Gasteiger partial charge in [-0.25, -0.2) is 0 Å². The molecule has 1 aromatic carbocycles. The van der Waals surface area contributed by atoms with Gasteiger partial charge in [-0.3, -0.25) is 19.2 Å². The van der Waals surface area contributed by atoms with Crippen LogP contribution in [0.15, 0.2) is 24.3 Å². The van der Waals surface area contributed by atoms with Gasteiger partial charge in [0.2, 0.25) is 0 Å². The van der Waals surface area contributed by atoms with E-state index in [2.05, 4.69) is 24.1 Å². The molecule has 13 heteroatoms. The molecule has 2 bridgehead atoms. The maximum atomic E-state index is 12.4. The van der Waals surface area contributed by atoms with Crippen molar-refractivity contribution >= 4 is 35.6 Å². The summed E-state index contributed by atoms with van der Waals surface area (Å²) >= 11 is 1.33. The number of carbonyl (C=O) groups is 4. The van der Waals surface area contributed by atoms with Gasteiger partial charge < -0.3 is 38.4 Å². The molecule has 2 aliphatic carbocycles. The number of hydrogen-bond donors (Lipinski definition) is 1. The molecule has 44 heavy (non-hydrogen) atoms. The van der Waals surface area contributed by atoms with E-state index in [9.17, 15) is 24.3 Å². The van der Waals surface area contributed by atoms with Crippen LogP contribution in [0.4, 0.5) is 0 Å². The molecule has 0 saturated carbocycles. The van der Waals surface area contributed by atoms with E-state index in [1.54, 1.807) is 6.07 Å². The zero-order valence-corrected chi connectivity index (χ0v) is 26.0. The number of ether oxygens (including phenoxy) is 6. The van der Waals surface area contributed by atoms with Gasteiger partial charge in [0.05, 0.1) is 5.25 Å². The van der Waals surface area contributed by atoms with Gasteiger partial charge in [0, 0.05) is 50.6 Å². The minimum Gasteiger partial charge on any atom is -0.504 e. The number of rotatable bonds is 7. The van der Waals surface area contributed by atoms with Crippen molar-refractivity contribution in [2.24, 2.45) is 5.92 Å². The molecular weight excluding hydrogens is 594 g/mol. The lowest BCUT2D eigenvalue weighted by molar-refractivity contribution is -0.237. The number of nitrogens with zero attached hydrogens (tertiary/aromatic N) is 1. The van der Waals surface area contributed by atoms with Crippen LogP contribution in [0, 0.1) is 5.92 Å². The lowest BCUT2D eigenvalue weighted by Crippen LogP contribution is -2.65. The predicted molar refractivity (Wildman–Crippen MR) is 155 cm³/mol. The number of carbonyl (C=O) groups excluding carboxylic acids is 4. The first-order chi connectivity index (χ1) is 20.9. The Balaban J connectivity index is 1.38. The number of phenols is 1. The van der Waals surface area contributed by atoms with E-state index in [1.807, 2.05) is 6.07 Å². The number of likely N-dealkylation sites (tertiary alicyclic amines) is 1. The first-order valence-corrected chi connectivity index (χ1v) is 15.7. The number of thioether (sulfide) groups is 1. The summed E-state index contributed by atoms with van der Waals surface area (Å²) in [5.41, 5.74) is 0.904. The largest absolute Gasteiger partial charge is 0.504 e. The Kier molecular flexibility index (Phi) is 8.08. The second-order valence-corrected chi connectivity index (χ2v) is 13.4. The van der Waals surface area contributed by atoms with Gasteiger partial charge in [0.25, 0.3) is 0 Å². The highest BCUT2D eigenvalue weighted by molar-refractivity contribution is 8.00. The topological polar surface area (TPSA) is 147 Å². The van der Waals surface area contributed by atoms with E-state index < -0.39 is 53.7 Å². The average molecular weight is 632 g/mol. The van der Waals surface area contributed by atoms with E-state index in [0.29, 0.717) is 5.75 Å². The zero-order valence-electron chi connectivity index (χ0n) is 25.2. The van der Waals surface area contributed by atoms with Crippen molar-refractivity contribution in [1.82, 2.24) is 4.90 Å². The molecule has 1 N–H and O–H groups in total. The fraction of sp³-hybridized carbons (Fsp3) is 0.613. The average Bonchev–Trinajstić information content (AvgIpc) is 3.30. The Bertz CT molecular complexity index is 1400. The Morgan fingerprint density at radius 1 is 0.977 bits per heavy atom. The fourth-order valence-corrected chi connectivity index (χ4v) is 9.29. The highest BCUT2D eigenvalue weighted by Crippen LogP contribution is 2.63. The standard InChI is InChI=1S/C31H37NO11S/c1-14(33)38-13-22-26(39-15(2)34)27(40-16(3)35)28(41-17(4)36)30(42-22)44-23-9-7-19-20-12-18-6-8-21(37)25-24(18)31(19,29(23)43-25)10-11-32(20)5/h6-9,19-20,22-23,26-30,37H,10-13H2,1-5H3/t19-,20+,22+,23+,26+,27-,28+,29-,30-,31-/m0/s1. The first-order valence-electron chi connectivity index (χ1n) is 14.8. The highest BCUT2D eigenvalue weighted by Gasteiger charge is 2.65. The van der Waals surface area contributed by atoms with E-state index in [-0.39, 0.29) is 41.1 Å². The Labute approximate surface area is 259 Å². The van der Waals surface area contributed by atoms with Gasteiger partial charge >= 0.3 is 23.9 Å². The molecule has 0 radical (unpaired) electrons. The third kappa shape index (κ3) is 5.12. The molecule has 1 spiro atoms. The molecule has 3 aliphatic heterocycles. The number of piperidine rings is 1. The van der Waals surface area contributed by atoms with Gasteiger partial charge in [-0.1, -0.05) is 18.2 Å². The summed E-state index contributed by atoms with van der Waals surface area (Å²) in [5.74, 6) is -1.82. The first kappa shape index (κ1) is 30.7. The van der Waals surface area contributed by atoms with Crippen molar-refractivity contribution in [1.29, 1.82) is 0 Å². The summed E-state index contributed by atoms with van der Waals surface area (Å²) in [6.45, 7) is 5.42.